The predicted octanol–water partition coefficient (Wildman–Crippen LogP) is 1.63. The molecule has 2 N–H and O–H groups in total. The summed E-state index contributed by atoms with van der Waals surface area (Å²) in [7, 11) is 0. The highest BCUT2D eigenvalue weighted by Gasteiger charge is 2.42. The van der Waals surface area contributed by atoms with Gasteiger partial charge in [-0.1, -0.05) is 13.8 Å². The van der Waals surface area contributed by atoms with Gasteiger partial charge in [0.1, 0.15) is 16.7 Å². The van der Waals surface area contributed by atoms with Crippen molar-refractivity contribution in [1.82, 2.24) is 14.8 Å². The van der Waals surface area contributed by atoms with Crippen LogP contribution in [-0.4, -0.2) is 51.8 Å². The van der Waals surface area contributed by atoms with Crippen molar-refractivity contribution in [2.75, 3.05) is 13.1 Å². The zero-order valence-electron chi connectivity index (χ0n) is 13.9. The van der Waals surface area contributed by atoms with Crippen LogP contribution in [0.25, 0.3) is 0 Å². The minimum Gasteiger partial charge on any atom is -0.336 e. The van der Waals surface area contributed by atoms with Crippen LogP contribution in [0.15, 0.2) is 5.38 Å². The van der Waals surface area contributed by atoms with Crippen LogP contribution in [0.5, 0.6) is 0 Å². The number of amides is 2. The third-order valence-electron chi connectivity index (χ3n) is 4.90. The van der Waals surface area contributed by atoms with E-state index in [0.29, 0.717) is 12.2 Å². The molecule has 0 saturated carbocycles. The summed E-state index contributed by atoms with van der Waals surface area (Å²) in [6.45, 7) is 7.30. The molecule has 3 atom stereocenters. The fourth-order valence-electron chi connectivity index (χ4n) is 3.30. The standard InChI is InChI=1S/C16H24N4O2S/c1-9(2)13(17)14-18-12(8-23-14)16(22)20-7-11-5-4-6-19(11)15(21)10(20)3/h8-11,13H,4-7,17H2,1-3H3/t10-,11+,13+/m1/s1. The Labute approximate surface area is 140 Å². The van der Waals surface area contributed by atoms with E-state index < -0.39 is 6.04 Å². The molecule has 7 heteroatoms. The van der Waals surface area contributed by atoms with Crippen molar-refractivity contribution in [3.8, 4) is 0 Å². The van der Waals surface area contributed by atoms with E-state index in [9.17, 15) is 9.59 Å². The van der Waals surface area contributed by atoms with E-state index in [-0.39, 0.29) is 29.8 Å². The first-order chi connectivity index (χ1) is 10.9. The summed E-state index contributed by atoms with van der Waals surface area (Å²) in [4.78, 5) is 33.3. The van der Waals surface area contributed by atoms with Crippen LogP contribution in [0.3, 0.4) is 0 Å². The van der Waals surface area contributed by atoms with Gasteiger partial charge in [-0.2, -0.15) is 0 Å². The Morgan fingerprint density at radius 3 is 2.91 bits per heavy atom. The largest absolute Gasteiger partial charge is 0.336 e. The lowest BCUT2D eigenvalue weighted by atomic mass is 10.1. The van der Waals surface area contributed by atoms with Gasteiger partial charge in [0, 0.05) is 24.5 Å². The highest BCUT2D eigenvalue weighted by atomic mass is 32.1. The van der Waals surface area contributed by atoms with Crippen molar-refractivity contribution in [2.24, 2.45) is 11.7 Å². The maximum atomic E-state index is 12.8. The number of hydrogen-bond acceptors (Lipinski definition) is 5. The van der Waals surface area contributed by atoms with E-state index in [4.69, 9.17) is 5.73 Å². The molecule has 2 amide bonds. The van der Waals surface area contributed by atoms with E-state index in [2.05, 4.69) is 4.98 Å². The summed E-state index contributed by atoms with van der Waals surface area (Å²) in [6.07, 6.45) is 2.00. The molecule has 6 nitrogen and oxygen atoms in total. The van der Waals surface area contributed by atoms with Crippen LogP contribution in [-0.2, 0) is 4.79 Å². The van der Waals surface area contributed by atoms with Crippen molar-refractivity contribution < 1.29 is 9.59 Å². The predicted molar refractivity (Wildman–Crippen MR) is 89.1 cm³/mol. The van der Waals surface area contributed by atoms with Crippen molar-refractivity contribution in [3.63, 3.8) is 0 Å². The average molecular weight is 336 g/mol. The monoisotopic (exact) mass is 336 g/mol. The van der Waals surface area contributed by atoms with Crippen molar-refractivity contribution >= 4 is 23.2 Å². The number of aromatic nitrogens is 1. The molecule has 0 aliphatic carbocycles. The lowest BCUT2D eigenvalue weighted by Crippen LogP contribution is -2.60. The summed E-state index contributed by atoms with van der Waals surface area (Å²) >= 11 is 1.42. The Bertz CT molecular complexity index is 615. The minimum atomic E-state index is -0.416. The number of carbonyl (C=O) groups is 2. The zero-order chi connectivity index (χ0) is 16.7. The second-order valence-electron chi connectivity index (χ2n) is 6.80. The summed E-state index contributed by atoms with van der Waals surface area (Å²) in [5.74, 6) is 0.170. The van der Waals surface area contributed by atoms with Gasteiger partial charge in [-0.3, -0.25) is 9.59 Å². The number of hydrogen-bond donors (Lipinski definition) is 1. The van der Waals surface area contributed by atoms with E-state index in [1.807, 2.05) is 25.7 Å². The molecule has 3 rings (SSSR count). The Hall–Kier alpha value is -1.47. The Kier molecular flexibility index (Phi) is 4.42. The molecule has 0 unspecified atom stereocenters. The number of rotatable bonds is 3. The minimum absolute atomic E-state index is 0.0569. The molecule has 2 aliphatic rings. The molecule has 126 valence electrons. The van der Waals surface area contributed by atoms with Gasteiger partial charge in [0.25, 0.3) is 5.91 Å². The lowest BCUT2D eigenvalue weighted by molar-refractivity contribution is -0.141. The molecule has 0 bridgehead atoms. The quantitative estimate of drug-likeness (QED) is 0.910. The number of nitrogens with zero attached hydrogens (tertiary/aromatic N) is 3. The number of thiazole rings is 1. The molecule has 1 aromatic rings. The molecule has 0 aromatic carbocycles. The van der Waals surface area contributed by atoms with Crippen LogP contribution in [0.4, 0.5) is 0 Å². The van der Waals surface area contributed by atoms with Crippen molar-refractivity contribution in [1.29, 1.82) is 0 Å². The Balaban J connectivity index is 1.78. The molecule has 2 saturated heterocycles. The first-order valence-electron chi connectivity index (χ1n) is 8.22. The van der Waals surface area contributed by atoms with Gasteiger partial charge in [0.05, 0.1) is 6.04 Å². The summed E-state index contributed by atoms with van der Waals surface area (Å²) in [5, 5.41) is 2.54. The van der Waals surface area contributed by atoms with Gasteiger partial charge in [-0.25, -0.2) is 4.98 Å². The van der Waals surface area contributed by atoms with Gasteiger partial charge in [-0.05, 0) is 25.7 Å². The van der Waals surface area contributed by atoms with Crippen LogP contribution < -0.4 is 5.73 Å². The topological polar surface area (TPSA) is 79.5 Å². The normalized spacial score (nSPS) is 25.9. The van der Waals surface area contributed by atoms with Crippen LogP contribution in [0.1, 0.15) is 55.2 Å². The van der Waals surface area contributed by atoms with Crippen LogP contribution in [0.2, 0.25) is 0 Å². The number of fused-ring (bicyclic) bond motifs is 1. The zero-order valence-corrected chi connectivity index (χ0v) is 14.7. The van der Waals surface area contributed by atoms with Gasteiger partial charge in [0.15, 0.2) is 0 Å². The van der Waals surface area contributed by atoms with E-state index in [0.717, 1.165) is 24.4 Å². The summed E-state index contributed by atoms with van der Waals surface area (Å²) in [6, 6.07) is -0.410. The second kappa shape index (κ2) is 6.20. The first kappa shape index (κ1) is 16.4. The highest BCUT2D eigenvalue weighted by molar-refractivity contribution is 7.09. The molecular formula is C16H24N4O2S. The lowest BCUT2D eigenvalue weighted by Gasteiger charge is -2.41. The van der Waals surface area contributed by atoms with E-state index in [1.54, 1.807) is 10.3 Å². The summed E-state index contributed by atoms with van der Waals surface area (Å²) < 4.78 is 0. The molecule has 2 fully saturated rings. The molecule has 3 heterocycles. The van der Waals surface area contributed by atoms with Crippen LogP contribution >= 0.6 is 11.3 Å². The molecule has 0 radical (unpaired) electrons. The number of piperazine rings is 1. The Morgan fingerprint density at radius 1 is 1.48 bits per heavy atom. The smallest absolute Gasteiger partial charge is 0.274 e. The van der Waals surface area contributed by atoms with Gasteiger partial charge < -0.3 is 15.5 Å². The van der Waals surface area contributed by atoms with Crippen molar-refractivity contribution in [2.45, 2.75) is 51.7 Å². The maximum Gasteiger partial charge on any atom is 0.274 e. The molecule has 23 heavy (non-hydrogen) atoms. The second-order valence-corrected chi connectivity index (χ2v) is 7.69. The maximum absolute atomic E-state index is 12.8. The van der Waals surface area contributed by atoms with Crippen LogP contribution in [0, 0.1) is 5.92 Å². The first-order valence-corrected chi connectivity index (χ1v) is 9.10. The number of nitrogens with two attached hydrogens (primary N) is 1. The molecular weight excluding hydrogens is 312 g/mol. The highest BCUT2D eigenvalue weighted by Crippen LogP contribution is 2.28. The summed E-state index contributed by atoms with van der Waals surface area (Å²) in [5.41, 5.74) is 6.52. The van der Waals surface area contributed by atoms with Crippen molar-refractivity contribution in [3.05, 3.63) is 16.1 Å². The number of carbonyl (C=O) groups excluding carboxylic acids is 2. The third kappa shape index (κ3) is 2.87. The third-order valence-corrected chi connectivity index (χ3v) is 5.84. The fraction of sp³-hybridized carbons (Fsp3) is 0.688. The van der Waals surface area contributed by atoms with E-state index >= 15 is 0 Å². The van der Waals surface area contributed by atoms with Gasteiger partial charge >= 0.3 is 0 Å². The molecule has 2 aliphatic heterocycles. The SMILES string of the molecule is CC(C)[C@H](N)c1nc(C(=O)N2C[C@@H]3CCCN3C(=O)[C@H]2C)cs1. The van der Waals surface area contributed by atoms with E-state index in [1.165, 1.54) is 11.3 Å². The van der Waals surface area contributed by atoms with Gasteiger partial charge in [0.2, 0.25) is 5.91 Å². The average Bonchev–Trinajstić information content (AvgIpc) is 3.18. The Morgan fingerprint density at radius 2 is 2.22 bits per heavy atom. The molecule has 0 spiro atoms. The molecule has 1 aromatic heterocycles. The van der Waals surface area contributed by atoms with Gasteiger partial charge in [-0.15, -0.1) is 11.3 Å². The fourth-order valence-corrected chi connectivity index (χ4v) is 4.27.